The summed E-state index contributed by atoms with van der Waals surface area (Å²) in [6, 6.07) is 16.1. The van der Waals surface area contributed by atoms with Crippen molar-refractivity contribution in [1.82, 2.24) is 20.6 Å². The molecular formula is C22H28IN5O2. The average Bonchev–Trinajstić information content (AvgIpc) is 3.25. The number of halogens is 1. The normalized spacial score (nSPS) is 10.8. The van der Waals surface area contributed by atoms with E-state index < -0.39 is 0 Å². The fraction of sp³-hybridized carbons (Fsp3) is 0.273. The smallest absolute Gasteiger partial charge is 0.191 e. The summed E-state index contributed by atoms with van der Waals surface area (Å²) in [6.45, 7) is 1.30. The summed E-state index contributed by atoms with van der Waals surface area (Å²) in [4.78, 5) is 12.0. The molecule has 0 aliphatic carbocycles. The highest BCUT2D eigenvalue weighted by Crippen LogP contribution is 2.27. The molecule has 7 nitrogen and oxygen atoms in total. The first-order valence-electron chi connectivity index (χ1n) is 9.48. The molecule has 0 saturated carbocycles. The monoisotopic (exact) mass is 521 g/mol. The molecule has 30 heavy (non-hydrogen) atoms. The van der Waals surface area contributed by atoms with Gasteiger partial charge in [-0.15, -0.1) is 24.0 Å². The number of nitrogens with zero attached hydrogens (tertiary/aromatic N) is 2. The molecule has 0 amide bonds. The van der Waals surface area contributed by atoms with Gasteiger partial charge >= 0.3 is 0 Å². The number of aromatic amines is 1. The standard InChI is InChI=1S/C22H27N5O2.HI/c1-23-22(24-12-11-16-9-10-19(28-2)20(13-16)29-3)26-15-21-25-14-18(27-21)17-7-5-4-6-8-17;/h4-10,13-14H,11-12,15H2,1-3H3,(H,25,27)(H2,23,24,26);1H. The number of nitrogens with one attached hydrogen (secondary N) is 3. The molecular weight excluding hydrogens is 493 g/mol. The molecule has 0 saturated heterocycles. The number of rotatable bonds is 8. The van der Waals surface area contributed by atoms with Crippen molar-refractivity contribution in [3.8, 4) is 22.8 Å². The van der Waals surface area contributed by atoms with Gasteiger partial charge in [0.05, 0.1) is 32.7 Å². The number of ether oxygens (including phenoxy) is 2. The van der Waals surface area contributed by atoms with Crippen LogP contribution in [0.2, 0.25) is 0 Å². The number of H-pyrrole nitrogens is 1. The second-order valence-electron chi connectivity index (χ2n) is 6.40. The fourth-order valence-electron chi connectivity index (χ4n) is 2.97. The molecule has 0 bridgehead atoms. The Balaban J connectivity index is 0.00000320. The molecule has 0 radical (unpaired) electrons. The van der Waals surface area contributed by atoms with Crippen molar-refractivity contribution in [2.75, 3.05) is 27.8 Å². The molecule has 3 N–H and O–H groups in total. The minimum Gasteiger partial charge on any atom is -0.493 e. The average molecular weight is 521 g/mol. The SMILES string of the molecule is CN=C(NCCc1ccc(OC)c(OC)c1)NCc1ncc(-c2ccccc2)[nH]1.I. The van der Waals surface area contributed by atoms with Crippen molar-refractivity contribution < 1.29 is 9.47 Å². The zero-order chi connectivity index (χ0) is 20.5. The second-order valence-corrected chi connectivity index (χ2v) is 6.40. The third-order valence-electron chi connectivity index (χ3n) is 4.51. The van der Waals surface area contributed by atoms with Crippen LogP contribution in [0.25, 0.3) is 11.3 Å². The number of aliphatic imine (C=N–C) groups is 1. The van der Waals surface area contributed by atoms with Gasteiger partial charge in [-0.3, -0.25) is 4.99 Å². The summed E-state index contributed by atoms with van der Waals surface area (Å²) in [5.41, 5.74) is 3.27. The topological polar surface area (TPSA) is 83.6 Å². The summed E-state index contributed by atoms with van der Waals surface area (Å²) in [6.07, 6.45) is 2.68. The van der Waals surface area contributed by atoms with Crippen LogP contribution >= 0.6 is 24.0 Å². The highest BCUT2D eigenvalue weighted by Gasteiger charge is 2.06. The molecule has 1 heterocycles. The van der Waals surface area contributed by atoms with Crippen LogP contribution < -0.4 is 20.1 Å². The molecule has 1 aromatic heterocycles. The minimum atomic E-state index is 0. The van der Waals surface area contributed by atoms with Crippen LogP contribution in [-0.2, 0) is 13.0 Å². The highest BCUT2D eigenvalue weighted by molar-refractivity contribution is 14.0. The predicted octanol–water partition coefficient (Wildman–Crippen LogP) is 3.62. The Bertz CT molecular complexity index is 944. The van der Waals surface area contributed by atoms with Crippen molar-refractivity contribution in [1.29, 1.82) is 0 Å². The molecule has 0 unspecified atom stereocenters. The van der Waals surface area contributed by atoms with Crippen LogP contribution in [0.5, 0.6) is 11.5 Å². The molecule has 0 aliphatic rings. The first kappa shape index (κ1) is 23.5. The maximum Gasteiger partial charge on any atom is 0.191 e. The molecule has 2 aromatic carbocycles. The van der Waals surface area contributed by atoms with E-state index in [2.05, 4.69) is 37.7 Å². The first-order valence-corrected chi connectivity index (χ1v) is 9.48. The highest BCUT2D eigenvalue weighted by atomic mass is 127. The predicted molar refractivity (Wildman–Crippen MR) is 131 cm³/mol. The summed E-state index contributed by atoms with van der Waals surface area (Å²) in [5.74, 6) is 3.05. The van der Waals surface area contributed by atoms with Gasteiger partial charge in [0, 0.05) is 13.6 Å². The summed E-state index contributed by atoms with van der Waals surface area (Å²) in [5, 5.41) is 6.60. The van der Waals surface area contributed by atoms with Gasteiger partial charge in [0.15, 0.2) is 17.5 Å². The van der Waals surface area contributed by atoms with Gasteiger partial charge in [0.2, 0.25) is 0 Å². The van der Waals surface area contributed by atoms with Gasteiger partial charge in [-0.25, -0.2) is 4.98 Å². The van der Waals surface area contributed by atoms with Gasteiger partial charge in [-0.2, -0.15) is 0 Å². The van der Waals surface area contributed by atoms with Crippen LogP contribution in [0.4, 0.5) is 0 Å². The number of aromatic nitrogens is 2. The van der Waals surface area contributed by atoms with Crippen LogP contribution in [0.3, 0.4) is 0 Å². The Morgan fingerprint density at radius 2 is 1.80 bits per heavy atom. The van der Waals surface area contributed by atoms with E-state index >= 15 is 0 Å². The lowest BCUT2D eigenvalue weighted by atomic mass is 10.1. The number of methoxy groups -OCH3 is 2. The molecule has 3 aromatic rings. The lowest BCUT2D eigenvalue weighted by Crippen LogP contribution is -2.38. The van der Waals surface area contributed by atoms with E-state index in [0.717, 1.165) is 53.1 Å². The van der Waals surface area contributed by atoms with Crippen LogP contribution in [-0.4, -0.2) is 43.7 Å². The lowest BCUT2D eigenvalue weighted by Gasteiger charge is -2.12. The van der Waals surface area contributed by atoms with E-state index in [9.17, 15) is 0 Å². The van der Waals surface area contributed by atoms with Crippen LogP contribution in [0, 0.1) is 0 Å². The molecule has 160 valence electrons. The Hall–Kier alpha value is -2.75. The van der Waals surface area contributed by atoms with Crippen molar-refractivity contribution in [3.63, 3.8) is 0 Å². The van der Waals surface area contributed by atoms with Gasteiger partial charge in [-0.1, -0.05) is 36.4 Å². The summed E-state index contributed by atoms with van der Waals surface area (Å²) >= 11 is 0. The number of imidazole rings is 1. The van der Waals surface area contributed by atoms with Crippen molar-refractivity contribution in [2.24, 2.45) is 4.99 Å². The molecule has 0 atom stereocenters. The maximum atomic E-state index is 5.36. The van der Waals surface area contributed by atoms with Crippen LogP contribution in [0.1, 0.15) is 11.4 Å². The quantitative estimate of drug-likeness (QED) is 0.240. The van der Waals surface area contributed by atoms with Gasteiger partial charge < -0.3 is 25.1 Å². The zero-order valence-corrected chi connectivity index (χ0v) is 19.8. The third-order valence-corrected chi connectivity index (χ3v) is 4.51. The Morgan fingerprint density at radius 3 is 2.50 bits per heavy atom. The molecule has 0 aliphatic heterocycles. The van der Waals surface area contributed by atoms with Gasteiger partial charge in [0.25, 0.3) is 0 Å². The second kappa shape index (κ2) is 12.1. The van der Waals surface area contributed by atoms with E-state index in [4.69, 9.17) is 9.47 Å². The number of hydrogen-bond acceptors (Lipinski definition) is 4. The third kappa shape index (κ3) is 6.38. The van der Waals surface area contributed by atoms with E-state index in [1.54, 1.807) is 21.3 Å². The van der Waals surface area contributed by atoms with E-state index in [-0.39, 0.29) is 24.0 Å². The fourth-order valence-corrected chi connectivity index (χ4v) is 2.97. The lowest BCUT2D eigenvalue weighted by molar-refractivity contribution is 0.354. The first-order chi connectivity index (χ1) is 14.2. The van der Waals surface area contributed by atoms with Crippen molar-refractivity contribution in [2.45, 2.75) is 13.0 Å². The molecule has 0 fully saturated rings. The largest absolute Gasteiger partial charge is 0.493 e. The summed E-state index contributed by atoms with van der Waals surface area (Å²) < 4.78 is 10.6. The minimum absolute atomic E-state index is 0. The molecule has 8 heteroatoms. The Morgan fingerprint density at radius 1 is 1.03 bits per heavy atom. The Kier molecular flexibility index (Phi) is 9.46. The van der Waals surface area contributed by atoms with E-state index in [1.807, 2.05) is 42.6 Å². The van der Waals surface area contributed by atoms with Crippen LogP contribution in [0.15, 0.2) is 59.7 Å². The Labute approximate surface area is 194 Å². The maximum absolute atomic E-state index is 5.36. The zero-order valence-electron chi connectivity index (χ0n) is 17.4. The van der Waals surface area contributed by atoms with Gasteiger partial charge in [0.1, 0.15) is 5.82 Å². The number of hydrogen-bond donors (Lipinski definition) is 3. The number of benzene rings is 2. The van der Waals surface area contributed by atoms with Crippen molar-refractivity contribution in [3.05, 3.63) is 66.1 Å². The number of guanidine groups is 1. The van der Waals surface area contributed by atoms with E-state index in [0.29, 0.717) is 6.54 Å². The van der Waals surface area contributed by atoms with E-state index in [1.165, 1.54) is 0 Å². The molecule has 3 rings (SSSR count). The summed E-state index contributed by atoms with van der Waals surface area (Å²) in [7, 11) is 5.03. The van der Waals surface area contributed by atoms with Crippen molar-refractivity contribution >= 4 is 29.9 Å². The molecule has 0 spiro atoms. The van der Waals surface area contributed by atoms with Gasteiger partial charge in [-0.05, 0) is 29.7 Å².